The van der Waals surface area contributed by atoms with Crippen LogP contribution in [0.15, 0.2) is 53.6 Å². The van der Waals surface area contributed by atoms with Crippen LogP contribution in [-0.4, -0.2) is 19.4 Å². The van der Waals surface area contributed by atoms with E-state index in [1.165, 1.54) is 18.3 Å². The second kappa shape index (κ2) is 6.02. The summed E-state index contributed by atoms with van der Waals surface area (Å²) in [5.74, 6) is 0.293. The van der Waals surface area contributed by atoms with Crippen molar-refractivity contribution in [3.05, 3.63) is 54.2 Å². The Kier molecular flexibility index (Phi) is 4.36. The van der Waals surface area contributed by atoms with Crippen LogP contribution in [0, 0.1) is 0 Å². The summed E-state index contributed by atoms with van der Waals surface area (Å²) >= 11 is 0. The van der Waals surface area contributed by atoms with E-state index in [9.17, 15) is 8.42 Å². The van der Waals surface area contributed by atoms with Crippen LogP contribution in [-0.2, 0) is 16.4 Å². The van der Waals surface area contributed by atoms with Gasteiger partial charge in [0.25, 0.3) is 0 Å². The largest absolute Gasteiger partial charge is 0.384 e. The van der Waals surface area contributed by atoms with Crippen LogP contribution in [0.2, 0.25) is 0 Å². The monoisotopic (exact) mass is 291 g/mol. The summed E-state index contributed by atoms with van der Waals surface area (Å²) < 4.78 is 26.9. The van der Waals surface area contributed by atoms with Crippen LogP contribution in [0.5, 0.6) is 0 Å². The predicted molar refractivity (Wildman–Crippen MR) is 78.6 cm³/mol. The van der Waals surface area contributed by atoms with Gasteiger partial charge in [0.05, 0.1) is 0 Å². The van der Waals surface area contributed by atoms with Crippen molar-refractivity contribution in [1.29, 1.82) is 0 Å². The van der Waals surface area contributed by atoms with E-state index in [-0.39, 0.29) is 10.9 Å². The van der Waals surface area contributed by atoms with Crippen LogP contribution in [0.25, 0.3) is 0 Å². The molecule has 1 aromatic carbocycles. The van der Waals surface area contributed by atoms with Gasteiger partial charge in [-0.3, -0.25) is 0 Å². The van der Waals surface area contributed by atoms with Crippen LogP contribution in [0.3, 0.4) is 0 Å². The molecule has 0 radical (unpaired) electrons. The normalized spacial score (nSPS) is 13.1. The summed E-state index contributed by atoms with van der Waals surface area (Å²) in [6.07, 6.45) is 1.88. The molecular formula is C14H17N3O2S. The number of rotatable bonds is 5. The van der Waals surface area contributed by atoms with Gasteiger partial charge in [0, 0.05) is 12.2 Å². The topological polar surface area (TPSA) is 85.1 Å². The van der Waals surface area contributed by atoms with Gasteiger partial charge in [0.1, 0.15) is 10.7 Å². The second-order valence-corrected chi connectivity index (χ2v) is 6.34. The molecule has 0 fully saturated rings. The van der Waals surface area contributed by atoms with Crippen molar-refractivity contribution in [1.82, 2.24) is 9.71 Å². The molecule has 1 atom stereocenters. The molecule has 5 nitrogen and oxygen atoms in total. The fraction of sp³-hybridized carbons (Fsp3) is 0.214. The Bertz CT molecular complexity index is 655. The molecule has 6 heteroatoms. The van der Waals surface area contributed by atoms with Gasteiger partial charge in [-0.15, -0.1) is 0 Å². The zero-order chi connectivity index (χ0) is 14.6. The first-order valence-electron chi connectivity index (χ1n) is 6.25. The quantitative estimate of drug-likeness (QED) is 0.875. The molecule has 0 saturated heterocycles. The number of nitrogens with two attached hydrogens (primary N) is 1. The number of hydrogen-bond donors (Lipinski definition) is 2. The van der Waals surface area contributed by atoms with Gasteiger partial charge in [-0.05, 0) is 31.0 Å². The molecule has 0 bridgehead atoms. The minimum atomic E-state index is -3.56. The molecule has 0 saturated carbocycles. The highest BCUT2D eigenvalue weighted by molar-refractivity contribution is 7.89. The van der Waals surface area contributed by atoms with Gasteiger partial charge in [-0.1, -0.05) is 30.3 Å². The average Bonchev–Trinajstić information content (AvgIpc) is 2.39. The number of anilines is 1. The van der Waals surface area contributed by atoms with Crippen molar-refractivity contribution in [2.24, 2.45) is 0 Å². The smallest absolute Gasteiger partial charge is 0.242 e. The number of pyridine rings is 1. The Balaban J connectivity index is 2.06. The van der Waals surface area contributed by atoms with Crippen molar-refractivity contribution in [2.45, 2.75) is 24.3 Å². The first kappa shape index (κ1) is 14.5. The van der Waals surface area contributed by atoms with Gasteiger partial charge in [0.2, 0.25) is 10.0 Å². The van der Waals surface area contributed by atoms with E-state index in [0.717, 1.165) is 5.56 Å². The molecule has 0 amide bonds. The number of hydrogen-bond acceptors (Lipinski definition) is 4. The maximum Gasteiger partial charge on any atom is 0.242 e. The van der Waals surface area contributed by atoms with Gasteiger partial charge in [-0.2, -0.15) is 0 Å². The standard InChI is InChI=1S/C14H17N3O2S/c1-11(9-12-5-3-2-4-6-12)17-20(18,19)13-7-8-14(15)16-10-13/h2-8,10-11,17H,9H2,1H3,(H2,15,16). The molecule has 20 heavy (non-hydrogen) atoms. The molecule has 2 rings (SSSR count). The Hall–Kier alpha value is -1.92. The lowest BCUT2D eigenvalue weighted by Crippen LogP contribution is -2.34. The van der Waals surface area contributed by atoms with Gasteiger partial charge in [0.15, 0.2) is 0 Å². The predicted octanol–water partition coefficient (Wildman–Crippen LogP) is 1.57. The molecule has 0 spiro atoms. The molecule has 0 aliphatic carbocycles. The van der Waals surface area contributed by atoms with Crippen LogP contribution in [0.1, 0.15) is 12.5 Å². The molecule has 106 valence electrons. The van der Waals surface area contributed by atoms with Crippen molar-refractivity contribution in [3.8, 4) is 0 Å². The first-order chi connectivity index (χ1) is 9.47. The SMILES string of the molecule is CC(Cc1ccccc1)NS(=O)(=O)c1ccc(N)nc1. The number of benzene rings is 1. The zero-order valence-electron chi connectivity index (χ0n) is 11.2. The summed E-state index contributed by atoms with van der Waals surface area (Å²) in [7, 11) is -3.56. The van der Waals surface area contributed by atoms with E-state index in [2.05, 4.69) is 9.71 Å². The van der Waals surface area contributed by atoms with Gasteiger partial charge in [-0.25, -0.2) is 18.1 Å². The third-order valence-corrected chi connectivity index (χ3v) is 4.39. The lowest BCUT2D eigenvalue weighted by molar-refractivity contribution is 0.559. The zero-order valence-corrected chi connectivity index (χ0v) is 12.0. The van der Waals surface area contributed by atoms with Crippen LogP contribution >= 0.6 is 0 Å². The van der Waals surface area contributed by atoms with E-state index in [4.69, 9.17) is 5.73 Å². The van der Waals surface area contributed by atoms with Crippen molar-refractivity contribution < 1.29 is 8.42 Å². The second-order valence-electron chi connectivity index (χ2n) is 4.63. The fourth-order valence-corrected chi connectivity index (χ4v) is 3.08. The number of aromatic nitrogens is 1. The molecule has 1 heterocycles. The lowest BCUT2D eigenvalue weighted by Gasteiger charge is -2.14. The molecule has 3 N–H and O–H groups in total. The Morgan fingerprint density at radius 3 is 2.50 bits per heavy atom. The van der Waals surface area contributed by atoms with E-state index in [1.54, 1.807) is 0 Å². The van der Waals surface area contributed by atoms with Gasteiger partial charge < -0.3 is 5.73 Å². The maximum absolute atomic E-state index is 12.2. The number of nitrogens with one attached hydrogen (secondary N) is 1. The van der Waals surface area contributed by atoms with Crippen molar-refractivity contribution in [2.75, 3.05) is 5.73 Å². The Morgan fingerprint density at radius 1 is 1.20 bits per heavy atom. The van der Waals surface area contributed by atoms with Crippen LogP contribution in [0.4, 0.5) is 5.82 Å². The number of sulfonamides is 1. The number of nitrogens with zero attached hydrogens (tertiary/aromatic N) is 1. The summed E-state index contributed by atoms with van der Waals surface area (Å²) in [6, 6.07) is 12.4. The summed E-state index contributed by atoms with van der Waals surface area (Å²) in [5, 5.41) is 0. The van der Waals surface area contributed by atoms with E-state index < -0.39 is 10.0 Å². The average molecular weight is 291 g/mol. The first-order valence-corrected chi connectivity index (χ1v) is 7.73. The lowest BCUT2D eigenvalue weighted by atomic mass is 10.1. The highest BCUT2D eigenvalue weighted by Gasteiger charge is 2.17. The Morgan fingerprint density at radius 2 is 1.90 bits per heavy atom. The van der Waals surface area contributed by atoms with Crippen molar-refractivity contribution >= 4 is 15.8 Å². The van der Waals surface area contributed by atoms with E-state index in [1.807, 2.05) is 37.3 Å². The molecule has 1 aromatic heterocycles. The number of nitrogen functional groups attached to an aromatic ring is 1. The van der Waals surface area contributed by atoms with E-state index >= 15 is 0 Å². The highest BCUT2D eigenvalue weighted by Crippen LogP contribution is 2.11. The molecule has 0 aliphatic heterocycles. The molecule has 0 aliphatic rings. The van der Waals surface area contributed by atoms with Crippen LogP contribution < -0.4 is 10.5 Å². The van der Waals surface area contributed by atoms with Crippen molar-refractivity contribution in [3.63, 3.8) is 0 Å². The summed E-state index contributed by atoms with van der Waals surface area (Å²) in [6.45, 7) is 1.83. The maximum atomic E-state index is 12.2. The minimum absolute atomic E-state index is 0.117. The fourth-order valence-electron chi connectivity index (χ4n) is 1.89. The third-order valence-electron chi connectivity index (χ3n) is 2.81. The third kappa shape index (κ3) is 3.79. The molecule has 1 unspecified atom stereocenters. The minimum Gasteiger partial charge on any atom is -0.384 e. The van der Waals surface area contributed by atoms with E-state index in [0.29, 0.717) is 12.2 Å². The Labute approximate surface area is 118 Å². The highest BCUT2D eigenvalue weighted by atomic mass is 32.2. The molecular weight excluding hydrogens is 274 g/mol. The summed E-state index contributed by atoms with van der Waals surface area (Å²) in [4.78, 5) is 3.91. The molecule has 2 aromatic rings. The summed E-state index contributed by atoms with van der Waals surface area (Å²) in [5.41, 5.74) is 6.53. The van der Waals surface area contributed by atoms with Gasteiger partial charge >= 0.3 is 0 Å².